The molecule has 0 saturated heterocycles. The predicted molar refractivity (Wildman–Crippen MR) is 53.5 cm³/mol. The van der Waals surface area contributed by atoms with Crippen LogP contribution in [0.5, 0.6) is 0 Å². The van der Waals surface area contributed by atoms with E-state index in [2.05, 4.69) is 0 Å². The minimum absolute atomic E-state index is 0.352. The van der Waals surface area contributed by atoms with Crippen LogP contribution in [0.1, 0.15) is 5.56 Å². The van der Waals surface area contributed by atoms with Gasteiger partial charge in [0.15, 0.2) is 0 Å². The van der Waals surface area contributed by atoms with Crippen LogP contribution in [0, 0.1) is 16.7 Å². The molecule has 0 amide bonds. The van der Waals surface area contributed by atoms with Crippen molar-refractivity contribution in [3.8, 4) is 6.07 Å². The number of aliphatic carboxylic acids is 2. The summed E-state index contributed by atoms with van der Waals surface area (Å²) < 4.78 is 0. The fraction of sp³-hybridized carbons (Fsp3) is 0.182. The first-order valence-corrected chi connectivity index (χ1v) is 4.45. The SMILES string of the molecule is N#CC(Cc1ccccc1)(C(=O)O)C(=O)O. The van der Waals surface area contributed by atoms with Crippen LogP contribution < -0.4 is 0 Å². The molecule has 0 atom stereocenters. The molecule has 1 rings (SSSR count). The molecule has 1 aromatic carbocycles. The lowest BCUT2D eigenvalue weighted by molar-refractivity contribution is -0.159. The summed E-state index contributed by atoms with van der Waals surface area (Å²) in [5.41, 5.74) is -1.92. The number of carboxylic acid groups (broad SMARTS) is 2. The lowest BCUT2D eigenvalue weighted by Gasteiger charge is -2.16. The van der Waals surface area contributed by atoms with Crippen LogP contribution in [0.15, 0.2) is 30.3 Å². The minimum Gasteiger partial charge on any atom is -0.480 e. The molecule has 0 aliphatic heterocycles. The average Bonchev–Trinajstić information content (AvgIpc) is 2.26. The first kappa shape index (κ1) is 11.7. The van der Waals surface area contributed by atoms with Gasteiger partial charge in [0.05, 0.1) is 6.07 Å². The van der Waals surface area contributed by atoms with Gasteiger partial charge in [0.1, 0.15) is 0 Å². The largest absolute Gasteiger partial charge is 0.480 e. The van der Waals surface area contributed by atoms with Gasteiger partial charge in [0, 0.05) is 6.42 Å². The van der Waals surface area contributed by atoms with Gasteiger partial charge in [0.2, 0.25) is 0 Å². The molecule has 0 aliphatic carbocycles. The second-order valence-corrected chi connectivity index (χ2v) is 3.29. The first-order chi connectivity index (χ1) is 7.53. The van der Waals surface area contributed by atoms with Gasteiger partial charge in [-0.05, 0) is 5.56 Å². The van der Waals surface area contributed by atoms with E-state index in [1.165, 1.54) is 6.07 Å². The van der Waals surface area contributed by atoms with Crippen LogP contribution in [-0.2, 0) is 16.0 Å². The maximum Gasteiger partial charge on any atom is 0.336 e. The number of benzene rings is 1. The van der Waals surface area contributed by atoms with Crippen LogP contribution in [0.3, 0.4) is 0 Å². The van der Waals surface area contributed by atoms with E-state index >= 15 is 0 Å². The Bertz CT molecular complexity index is 433. The third kappa shape index (κ3) is 2.01. The number of hydrogen-bond acceptors (Lipinski definition) is 3. The third-order valence-corrected chi connectivity index (χ3v) is 2.23. The van der Waals surface area contributed by atoms with E-state index in [9.17, 15) is 9.59 Å². The topological polar surface area (TPSA) is 98.4 Å². The molecule has 0 fully saturated rings. The van der Waals surface area contributed by atoms with Crippen molar-refractivity contribution in [3.63, 3.8) is 0 Å². The number of carbonyl (C=O) groups is 2. The summed E-state index contributed by atoms with van der Waals surface area (Å²) in [4.78, 5) is 21.8. The highest BCUT2D eigenvalue weighted by atomic mass is 16.4. The van der Waals surface area contributed by atoms with E-state index in [-0.39, 0.29) is 6.42 Å². The van der Waals surface area contributed by atoms with Gasteiger partial charge < -0.3 is 10.2 Å². The molecule has 2 N–H and O–H groups in total. The molecule has 0 aliphatic rings. The Balaban J connectivity index is 3.11. The monoisotopic (exact) mass is 219 g/mol. The van der Waals surface area contributed by atoms with E-state index in [1.807, 2.05) is 0 Å². The van der Waals surface area contributed by atoms with Crippen molar-refractivity contribution in [1.29, 1.82) is 5.26 Å². The Morgan fingerprint density at radius 3 is 2.06 bits per heavy atom. The van der Waals surface area contributed by atoms with Crippen molar-refractivity contribution in [1.82, 2.24) is 0 Å². The number of nitriles is 1. The molecule has 0 unspecified atom stereocenters. The summed E-state index contributed by atoms with van der Waals surface area (Å²) >= 11 is 0. The molecule has 5 nitrogen and oxygen atoms in total. The Hall–Kier alpha value is -2.35. The van der Waals surface area contributed by atoms with Crippen LogP contribution in [0.4, 0.5) is 0 Å². The fourth-order valence-electron chi connectivity index (χ4n) is 1.28. The second-order valence-electron chi connectivity index (χ2n) is 3.29. The average molecular weight is 219 g/mol. The van der Waals surface area contributed by atoms with Crippen molar-refractivity contribution < 1.29 is 19.8 Å². The summed E-state index contributed by atoms with van der Waals surface area (Å²) in [5.74, 6) is -3.29. The maximum atomic E-state index is 10.9. The molecule has 82 valence electrons. The third-order valence-electron chi connectivity index (χ3n) is 2.23. The van der Waals surface area contributed by atoms with Crippen molar-refractivity contribution >= 4 is 11.9 Å². The van der Waals surface area contributed by atoms with Crippen LogP contribution in [-0.4, -0.2) is 22.2 Å². The smallest absolute Gasteiger partial charge is 0.336 e. The van der Waals surface area contributed by atoms with Crippen molar-refractivity contribution in [2.75, 3.05) is 0 Å². The zero-order valence-corrected chi connectivity index (χ0v) is 8.25. The van der Waals surface area contributed by atoms with Crippen molar-refractivity contribution in [2.45, 2.75) is 6.42 Å². The van der Waals surface area contributed by atoms with E-state index in [1.54, 1.807) is 30.3 Å². The van der Waals surface area contributed by atoms with Gasteiger partial charge in [-0.25, -0.2) is 9.59 Å². The highest BCUT2D eigenvalue weighted by Crippen LogP contribution is 2.23. The van der Waals surface area contributed by atoms with Gasteiger partial charge in [-0.2, -0.15) is 5.26 Å². The number of nitrogens with zero attached hydrogens (tertiary/aromatic N) is 1. The zero-order valence-electron chi connectivity index (χ0n) is 8.25. The number of rotatable bonds is 4. The molecule has 0 spiro atoms. The Kier molecular flexibility index (Phi) is 3.26. The Labute approximate surface area is 91.6 Å². The van der Waals surface area contributed by atoms with Gasteiger partial charge in [0.25, 0.3) is 5.41 Å². The maximum absolute atomic E-state index is 10.9. The molecular formula is C11H9NO4. The van der Waals surface area contributed by atoms with Crippen molar-refractivity contribution in [3.05, 3.63) is 35.9 Å². The molecule has 0 aromatic heterocycles. The van der Waals surface area contributed by atoms with E-state index in [0.29, 0.717) is 5.56 Å². The minimum atomic E-state index is -2.42. The van der Waals surface area contributed by atoms with E-state index in [4.69, 9.17) is 15.5 Å². The van der Waals surface area contributed by atoms with E-state index in [0.717, 1.165) is 0 Å². The highest BCUT2D eigenvalue weighted by molar-refractivity contribution is 6.01. The van der Waals surface area contributed by atoms with Crippen LogP contribution >= 0.6 is 0 Å². The molecule has 5 heteroatoms. The van der Waals surface area contributed by atoms with Gasteiger partial charge in [-0.15, -0.1) is 0 Å². The van der Waals surface area contributed by atoms with Gasteiger partial charge >= 0.3 is 11.9 Å². The number of carboxylic acids is 2. The molecule has 16 heavy (non-hydrogen) atoms. The molecule has 0 saturated carbocycles. The molecule has 0 heterocycles. The standard InChI is InChI=1S/C11H9NO4/c12-7-11(9(13)14,10(15)16)6-8-4-2-1-3-5-8/h1-5H,6H2,(H,13,14)(H,15,16). The molecular weight excluding hydrogens is 210 g/mol. The lowest BCUT2D eigenvalue weighted by Crippen LogP contribution is -2.40. The van der Waals surface area contributed by atoms with Crippen molar-refractivity contribution in [2.24, 2.45) is 5.41 Å². The summed E-state index contributed by atoms with van der Waals surface area (Å²) in [7, 11) is 0. The predicted octanol–water partition coefficient (Wildman–Crippen LogP) is 0.908. The molecule has 1 aromatic rings. The summed E-state index contributed by atoms with van der Waals surface area (Å²) in [6, 6.07) is 9.56. The first-order valence-electron chi connectivity index (χ1n) is 4.45. The highest BCUT2D eigenvalue weighted by Gasteiger charge is 2.47. The fourth-order valence-corrected chi connectivity index (χ4v) is 1.28. The molecule has 0 bridgehead atoms. The summed E-state index contributed by atoms with van der Waals surface area (Å²) in [6.45, 7) is 0. The quantitative estimate of drug-likeness (QED) is 0.733. The second kappa shape index (κ2) is 4.45. The van der Waals surface area contributed by atoms with Crippen LogP contribution in [0.25, 0.3) is 0 Å². The summed E-state index contributed by atoms with van der Waals surface area (Å²) in [6.07, 6.45) is -0.352. The number of hydrogen-bond donors (Lipinski definition) is 2. The molecule has 0 radical (unpaired) electrons. The normalized spacial score (nSPS) is 10.4. The summed E-state index contributed by atoms with van der Waals surface area (Å²) in [5, 5.41) is 26.5. The van der Waals surface area contributed by atoms with Gasteiger partial charge in [-0.3, -0.25) is 0 Å². The Morgan fingerprint density at radius 2 is 1.69 bits per heavy atom. The lowest BCUT2D eigenvalue weighted by atomic mass is 9.83. The Morgan fingerprint density at radius 1 is 1.19 bits per heavy atom. The van der Waals surface area contributed by atoms with E-state index < -0.39 is 17.4 Å². The van der Waals surface area contributed by atoms with Crippen LogP contribution in [0.2, 0.25) is 0 Å². The van der Waals surface area contributed by atoms with Gasteiger partial charge in [-0.1, -0.05) is 30.3 Å². The zero-order chi connectivity index (χ0) is 12.2.